The molecule has 0 bridgehead atoms. The predicted octanol–water partition coefficient (Wildman–Crippen LogP) is 4.07. The summed E-state index contributed by atoms with van der Waals surface area (Å²) in [6.45, 7) is 23.1. The van der Waals surface area contributed by atoms with Gasteiger partial charge in [-0.1, -0.05) is 53.5 Å². The Morgan fingerprint density at radius 1 is 0.783 bits per heavy atom. The average molecular weight is 673 g/mol. The second-order valence-electron chi connectivity index (χ2n) is 12.2. The van der Waals surface area contributed by atoms with Crippen LogP contribution in [0.3, 0.4) is 0 Å². The van der Waals surface area contributed by atoms with Crippen LogP contribution in [0.4, 0.5) is 0 Å². The minimum atomic E-state index is -0.853. The molecule has 0 saturated carbocycles. The fourth-order valence-corrected chi connectivity index (χ4v) is 5.43. The molecule has 1 saturated heterocycles. The Bertz CT molecular complexity index is 846. The predicted molar refractivity (Wildman–Crippen MR) is 186 cm³/mol. The van der Waals surface area contributed by atoms with Crippen molar-refractivity contribution in [3.8, 4) is 0 Å². The summed E-state index contributed by atoms with van der Waals surface area (Å²) in [5.41, 5.74) is -0.853. The lowest BCUT2D eigenvalue weighted by atomic mass is 9.88. The first-order valence-electron chi connectivity index (χ1n) is 17.5. The molecule has 0 aromatic carbocycles. The maximum atomic E-state index is 12.8. The summed E-state index contributed by atoms with van der Waals surface area (Å²) in [6, 6.07) is 0. The number of unbranched alkanes of at least 4 members (excludes halogenated alkanes) is 1. The molecule has 11 nitrogen and oxygen atoms in total. The number of thiol groups is 1. The molecule has 0 N–H and O–H groups in total. The molecule has 1 aliphatic heterocycles. The molecule has 0 aromatic heterocycles. The quantitative estimate of drug-likeness (QED) is 0.0564. The number of hydrogen-bond acceptors (Lipinski definition) is 12. The lowest BCUT2D eigenvalue weighted by molar-refractivity contribution is -0.160. The first kappa shape index (κ1) is 42.3. The molecule has 1 atom stereocenters. The van der Waals surface area contributed by atoms with Gasteiger partial charge in [0, 0.05) is 38.8 Å². The summed E-state index contributed by atoms with van der Waals surface area (Å²) < 4.78 is 23.9. The van der Waals surface area contributed by atoms with Gasteiger partial charge in [0.25, 0.3) is 0 Å². The molecule has 0 aliphatic carbocycles. The van der Waals surface area contributed by atoms with Gasteiger partial charge in [-0.2, -0.15) is 0 Å². The normalized spacial score (nSPS) is 15.2. The third kappa shape index (κ3) is 19.8. The Labute approximate surface area is 284 Å². The van der Waals surface area contributed by atoms with Crippen molar-refractivity contribution >= 4 is 30.7 Å². The van der Waals surface area contributed by atoms with Crippen molar-refractivity contribution in [2.45, 2.75) is 79.1 Å². The van der Waals surface area contributed by atoms with E-state index in [0.29, 0.717) is 19.5 Å². The summed E-state index contributed by atoms with van der Waals surface area (Å²) in [5, 5.41) is 0. The van der Waals surface area contributed by atoms with Gasteiger partial charge >= 0.3 is 17.9 Å². The Morgan fingerprint density at radius 3 is 1.98 bits per heavy atom. The van der Waals surface area contributed by atoms with Crippen LogP contribution >= 0.6 is 12.8 Å². The summed E-state index contributed by atoms with van der Waals surface area (Å²) in [4.78, 5) is 44.4. The van der Waals surface area contributed by atoms with Crippen LogP contribution in [0.2, 0.25) is 0 Å². The van der Waals surface area contributed by atoms with Gasteiger partial charge in [-0.3, -0.25) is 18.8 Å². The molecule has 1 heterocycles. The van der Waals surface area contributed by atoms with Crippen molar-refractivity contribution < 1.29 is 33.3 Å². The van der Waals surface area contributed by atoms with Crippen LogP contribution in [0.25, 0.3) is 0 Å². The van der Waals surface area contributed by atoms with Gasteiger partial charge in [0.2, 0.25) is 0 Å². The van der Waals surface area contributed by atoms with Crippen LogP contribution < -0.4 is 0 Å². The molecule has 46 heavy (non-hydrogen) atoms. The highest BCUT2D eigenvalue weighted by atomic mass is 32.1. The SMILES string of the molecule is C=CC(=O)OCC(CC)(COC(=O)CCN(S)CCCN(CCC)CCCC)COC(=O)CCN(CC)CCCN1CCOCC1. The Kier molecular flexibility index (Phi) is 24.2. The number of nitrogens with zero attached hydrogens (tertiary/aromatic N) is 4. The molecule has 0 aromatic rings. The average Bonchev–Trinajstić information content (AvgIpc) is 3.07. The third-order valence-corrected chi connectivity index (χ3v) is 8.88. The second kappa shape index (κ2) is 26.3. The zero-order chi connectivity index (χ0) is 34.0. The lowest BCUT2D eigenvalue weighted by Crippen LogP contribution is -2.39. The van der Waals surface area contributed by atoms with E-state index in [9.17, 15) is 14.4 Å². The first-order chi connectivity index (χ1) is 22.2. The highest BCUT2D eigenvalue weighted by Crippen LogP contribution is 2.25. The molecule has 1 unspecified atom stereocenters. The standard InChI is InChI=1S/C34H64N4O7S/c1-6-11-17-36(16-7-2)20-13-21-38(46)23-15-33(41)45-30-34(9-4,28-43-31(39)8-3)29-44-32(40)14-22-35(10-5)18-12-19-37-24-26-42-27-25-37/h8,46H,3,6-7,9-30H2,1-2,4-5H3. The lowest BCUT2D eigenvalue weighted by Gasteiger charge is -2.31. The van der Waals surface area contributed by atoms with E-state index < -0.39 is 11.4 Å². The molecule has 1 fully saturated rings. The molecular formula is C34H64N4O7S. The number of ether oxygens (including phenoxy) is 4. The number of morpholine rings is 1. The summed E-state index contributed by atoms with van der Waals surface area (Å²) in [7, 11) is 0. The molecular weight excluding hydrogens is 608 g/mol. The van der Waals surface area contributed by atoms with Crippen molar-refractivity contribution in [1.82, 2.24) is 19.0 Å². The number of carbonyl (C=O) groups is 3. The number of esters is 3. The summed E-state index contributed by atoms with van der Waals surface area (Å²) in [5.74, 6) is -1.28. The minimum absolute atomic E-state index is 0.0197. The fraction of sp³-hybridized carbons (Fsp3) is 0.853. The van der Waals surface area contributed by atoms with Crippen molar-refractivity contribution in [2.75, 3.05) is 105 Å². The zero-order valence-corrected chi connectivity index (χ0v) is 30.2. The molecule has 1 rings (SSSR count). The van der Waals surface area contributed by atoms with Crippen LogP contribution in [0.5, 0.6) is 0 Å². The van der Waals surface area contributed by atoms with E-state index in [2.05, 4.69) is 54.9 Å². The Morgan fingerprint density at radius 2 is 1.39 bits per heavy atom. The van der Waals surface area contributed by atoms with E-state index in [-0.39, 0.29) is 44.6 Å². The van der Waals surface area contributed by atoms with Crippen molar-refractivity contribution in [1.29, 1.82) is 0 Å². The Balaban J connectivity index is 2.52. The molecule has 1 aliphatic rings. The van der Waals surface area contributed by atoms with E-state index in [1.54, 1.807) is 0 Å². The molecule has 0 radical (unpaired) electrons. The molecule has 268 valence electrons. The topological polar surface area (TPSA) is 101 Å². The van der Waals surface area contributed by atoms with Gasteiger partial charge in [0.05, 0.1) is 31.5 Å². The first-order valence-corrected chi connectivity index (χ1v) is 17.9. The van der Waals surface area contributed by atoms with Crippen LogP contribution in [0.1, 0.15) is 79.1 Å². The zero-order valence-electron chi connectivity index (χ0n) is 29.3. The van der Waals surface area contributed by atoms with Crippen LogP contribution in [0, 0.1) is 5.41 Å². The van der Waals surface area contributed by atoms with Crippen LogP contribution in [0.15, 0.2) is 12.7 Å². The highest BCUT2D eigenvalue weighted by molar-refractivity contribution is 7.77. The van der Waals surface area contributed by atoms with Gasteiger partial charge in [0.1, 0.15) is 19.8 Å². The second-order valence-corrected chi connectivity index (χ2v) is 12.8. The molecule has 0 amide bonds. The third-order valence-electron chi connectivity index (χ3n) is 8.48. The minimum Gasteiger partial charge on any atom is -0.465 e. The van der Waals surface area contributed by atoms with Crippen LogP contribution in [-0.4, -0.2) is 142 Å². The van der Waals surface area contributed by atoms with Crippen molar-refractivity contribution in [2.24, 2.45) is 5.41 Å². The van der Waals surface area contributed by atoms with Crippen molar-refractivity contribution in [3.63, 3.8) is 0 Å². The van der Waals surface area contributed by atoms with Gasteiger partial charge in [-0.25, -0.2) is 4.79 Å². The van der Waals surface area contributed by atoms with E-state index in [4.69, 9.17) is 18.9 Å². The largest absolute Gasteiger partial charge is 0.465 e. The summed E-state index contributed by atoms with van der Waals surface area (Å²) in [6.07, 6.45) is 7.54. The fourth-order valence-electron chi connectivity index (χ4n) is 5.19. The smallest absolute Gasteiger partial charge is 0.330 e. The molecule has 0 spiro atoms. The van der Waals surface area contributed by atoms with Gasteiger partial charge in [-0.05, 0) is 71.4 Å². The monoisotopic (exact) mass is 672 g/mol. The van der Waals surface area contributed by atoms with Gasteiger partial charge in [-0.15, -0.1) is 0 Å². The summed E-state index contributed by atoms with van der Waals surface area (Å²) >= 11 is 4.55. The maximum absolute atomic E-state index is 12.8. The highest BCUT2D eigenvalue weighted by Gasteiger charge is 2.34. The molecule has 12 heteroatoms. The van der Waals surface area contributed by atoms with Gasteiger partial charge < -0.3 is 28.7 Å². The van der Waals surface area contributed by atoms with E-state index >= 15 is 0 Å². The number of rotatable bonds is 28. The van der Waals surface area contributed by atoms with E-state index in [1.807, 2.05) is 11.2 Å². The Hall–Kier alpha value is -1.70. The van der Waals surface area contributed by atoms with E-state index in [1.165, 1.54) is 12.8 Å². The van der Waals surface area contributed by atoms with Gasteiger partial charge in [0.15, 0.2) is 0 Å². The number of hydrogen-bond donors (Lipinski definition) is 1. The maximum Gasteiger partial charge on any atom is 0.330 e. The van der Waals surface area contributed by atoms with E-state index in [0.717, 1.165) is 97.5 Å². The van der Waals surface area contributed by atoms with Crippen LogP contribution in [-0.2, 0) is 33.3 Å². The number of carbonyl (C=O) groups excluding carboxylic acids is 3. The van der Waals surface area contributed by atoms with Crippen molar-refractivity contribution in [3.05, 3.63) is 12.7 Å².